The number of hydrogen-bond donors (Lipinski definition) is 3. The number of likely N-dealkylation sites (N-methyl/N-ethyl adjacent to an activating group) is 1. The van der Waals surface area contributed by atoms with E-state index in [1.165, 1.54) is 0 Å². The van der Waals surface area contributed by atoms with Gasteiger partial charge in [-0.05, 0) is 75.2 Å². The van der Waals surface area contributed by atoms with E-state index in [0.29, 0.717) is 36.5 Å². The second-order valence-corrected chi connectivity index (χ2v) is 11.9. The van der Waals surface area contributed by atoms with Gasteiger partial charge in [-0.2, -0.15) is 0 Å². The number of aliphatic hydroxyl groups is 1. The van der Waals surface area contributed by atoms with Crippen molar-refractivity contribution in [2.24, 2.45) is 0 Å². The second-order valence-electron chi connectivity index (χ2n) is 10.2. The van der Waals surface area contributed by atoms with Gasteiger partial charge in [-0.1, -0.05) is 37.3 Å². The highest BCUT2D eigenvalue weighted by Crippen LogP contribution is 2.41. The fourth-order valence-electron chi connectivity index (χ4n) is 4.68. The van der Waals surface area contributed by atoms with Crippen LogP contribution in [-0.4, -0.2) is 55.7 Å². The Balaban J connectivity index is 1.58. The quantitative estimate of drug-likeness (QED) is 0.345. The molecule has 0 unspecified atom stereocenters. The Hall–Kier alpha value is -3.40. The maximum atomic E-state index is 13.4. The maximum absolute atomic E-state index is 13.4. The molecule has 1 aliphatic rings. The molecule has 39 heavy (non-hydrogen) atoms. The number of anilines is 1. The van der Waals surface area contributed by atoms with Crippen LogP contribution in [0, 0.1) is 0 Å². The molecule has 1 heterocycles. The van der Waals surface area contributed by atoms with Crippen LogP contribution in [0.15, 0.2) is 77.7 Å². The van der Waals surface area contributed by atoms with Crippen molar-refractivity contribution in [3.63, 3.8) is 0 Å². The molecule has 0 aliphatic carbocycles. The van der Waals surface area contributed by atoms with Crippen LogP contribution in [0.2, 0.25) is 0 Å². The molecule has 0 spiro atoms. The third kappa shape index (κ3) is 6.43. The van der Waals surface area contributed by atoms with Gasteiger partial charge in [-0.15, -0.1) is 0 Å². The summed E-state index contributed by atoms with van der Waals surface area (Å²) in [5.74, 6) is 0.232. The van der Waals surface area contributed by atoms with E-state index < -0.39 is 27.8 Å². The van der Waals surface area contributed by atoms with Crippen molar-refractivity contribution in [2.75, 3.05) is 25.0 Å². The Bertz CT molecular complexity index is 1390. The zero-order chi connectivity index (χ0) is 28.2. The fraction of sp³-hybridized carbons (Fsp3) is 0.367. The number of aryl methyl sites for hydroxylation is 1. The lowest BCUT2D eigenvalue weighted by molar-refractivity contribution is -0.0603. The van der Waals surface area contributed by atoms with Crippen LogP contribution in [0.3, 0.4) is 0 Å². The summed E-state index contributed by atoms with van der Waals surface area (Å²) in [6.07, 6.45) is -0.403. The van der Waals surface area contributed by atoms with Crippen LogP contribution in [0.25, 0.3) is 0 Å². The molecule has 2 atom stereocenters. The van der Waals surface area contributed by atoms with Crippen molar-refractivity contribution in [1.29, 1.82) is 0 Å². The highest BCUT2D eigenvalue weighted by molar-refractivity contribution is 7.89. The monoisotopic (exact) mass is 551 g/mol. The molecule has 3 aromatic carbocycles. The summed E-state index contributed by atoms with van der Waals surface area (Å²) in [4.78, 5) is 15.3. The molecular formula is C30H37N3O5S. The molecule has 0 saturated carbocycles. The number of ether oxygens (including phenoxy) is 1. The number of nitrogens with zero attached hydrogens (tertiary/aromatic N) is 1. The average molecular weight is 552 g/mol. The molecule has 1 aliphatic heterocycles. The number of amides is 1. The summed E-state index contributed by atoms with van der Waals surface area (Å²) < 4.78 is 35.4. The van der Waals surface area contributed by atoms with Gasteiger partial charge in [0.1, 0.15) is 17.5 Å². The van der Waals surface area contributed by atoms with Crippen molar-refractivity contribution in [3.8, 4) is 5.75 Å². The van der Waals surface area contributed by atoms with Crippen LogP contribution in [0.4, 0.5) is 5.69 Å². The lowest BCUT2D eigenvalue weighted by Crippen LogP contribution is -2.53. The predicted octanol–water partition coefficient (Wildman–Crippen LogP) is 4.37. The van der Waals surface area contributed by atoms with Gasteiger partial charge in [0, 0.05) is 36.4 Å². The fourth-order valence-corrected chi connectivity index (χ4v) is 5.90. The highest BCUT2D eigenvalue weighted by atomic mass is 32.2. The van der Waals surface area contributed by atoms with E-state index in [9.17, 15) is 18.3 Å². The Morgan fingerprint density at radius 1 is 1.03 bits per heavy atom. The first-order valence-corrected chi connectivity index (χ1v) is 14.7. The minimum Gasteiger partial charge on any atom is -0.485 e. The zero-order valence-corrected chi connectivity index (χ0v) is 23.7. The molecule has 0 radical (unpaired) electrons. The molecular weight excluding hydrogens is 514 g/mol. The molecule has 4 rings (SSSR count). The minimum absolute atomic E-state index is 0.105. The zero-order valence-electron chi connectivity index (χ0n) is 22.8. The molecule has 3 N–H and O–H groups in total. The third-order valence-corrected chi connectivity index (χ3v) is 8.53. The maximum Gasteiger partial charge on any atom is 0.253 e. The number of benzene rings is 3. The summed E-state index contributed by atoms with van der Waals surface area (Å²) in [5, 5.41) is 14.5. The first-order valence-electron chi connectivity index (χ1n) is 13.3. The van der Waals surface area contributed by atoms with Crippen molar-refractivity contribution in [3.05, 3.63) is 89.5 Å². The number of nitrogens with one attached hydrogen (secondary N) is 2. The van der Waals surface area contributed by atoms with Gasteiger partial charge in [0.2, 0.25) is 10.0 Å². The van der Waals surface area contributed by atoms with E-state index in [1.54, 1.807) is 61.2 Å². The number of rotatable bonds is 10. The second kappa shape index (κ2) is 11.8. The van der Waals surface area contributed by atoms with Gasteiger partial charge in [-0.3, -0.25) is 4.79 Å². The summed E-state index contributed by atoms with van der Waals surface area (Å²) in [6.45, 7) is 8.88. The van der Waals surface area contributed by atoms with E-state index in [-0.39, 0.29) is 10.8 Å². The van der Waals surface area contributed by atoms with E-state index in [1.807, 2.05) is 44.2 Å². The number of para-hydroxylation sites is 1. The lowest BCUT2D eigenvalue weighted by Gasteiger charge is -2.42. The third-order valence-electron chi connectivity index (χ3n) is 7.07. The van der Waals surface area contributed by atoms with E-state index >= 15 is 0 Å². The van der Waals surface area contributed by atoms with Crippen molar-refractivity contribution < 1.29 is 23.1 Å². The molecule has 0 saturated heterocycles. The first-order chi connectivity index (χ1) is 18.6. The molecule has 1 amide bonds. The number of aliphatic hydroxyl groups excluding tert-OH is 1. The van der Waals surface area contributed by atoms with Gasteiger partial charge in [0.15, 0.2) is 0 Å². The van der Waals surface area contributed by atoms with E-state index in [4.69, 9.17) is 4.74 Å². The number of fused-ring (bicyclic) bond motifs is 1. The molecule has 0 bridgehead atoms. The molecule has 208 valence electrons. The largest absolute Gasteiger partial charge is 0.485 e. The van der Waals surface area contributed by atoms with Gasteiger partial charge >= 0.3 is 0 Å². The Morgan fingerprint density at radius 3 is 2.36 bits per heavy atom. The van der Waals surface area contributed by atoms with Crippen molar-refractivity contribution in [2.45, 2.75) is 56.8 Å². The Labute approximate surface area is 231 Å². The van der Waals surface area contributed by atoms with Gasteiger partial charge in [0.05, 0.1) is 10.9 Å². The van der Waals surface area contributed by atoms with Gasteiger partial charge in [0.25, 0.3) is 5.91 Å². The summed E-state index contributed by atoms with van der Waals surface area (Å²) >= 11 is 0. The average Bonchev–Trinajstić information content (AvgIpc) is 2.93. The SMILES string of the molecule is CCc1ccc(S(=O)(=O)N[C@@H]2c3cc(C(=O)N(CC)CCNc4ccccc4)ccc3OC(C)(C)[C@H]2O)cc1. The Kier molecular flexibility index (Phi) is 8.64. The number of carbonyl (C=O) groups is 1. The van der Waals surface area contributed by atoms with E-state index in [2.05, 4.69) is 10.0 Å². The van der Waals surface area contributed by atoms with Crippen LogP contribution >= 0.6 is 0 Å². The molecule has 0 fully saturated rings. The topological polar surface area (TPSA) is 108 Å². The molecule has 3 aromatic rings. The Morgan fingerprint density at radius 2 is 1.72 bits per heavy atom. The van der Waals surface area contributed by atoms with Crippen molar-refractivity contribution in [1.82, 2.24) is 9.62 Å². The smallest absolute Gasteiger partial charge is 0.253 e. The van der Waals surface area contributed by atoms with Gasteiger partial charge < -0.3 is 20.1 Å². The number of carbonyl (C=O) groups excluding carboxylic acids is 1. The first kappa shape index (κ1) is 28.6. The highest BCUT2D eigenvalue weighted by Gasteiger charge is 2.45. The van der Waals surface area contributed by atoms with Crippen LogP contribution < -0.4 is 14.8 Å². The number of hydrogen-bond acceptors (Lipinski definition) is 6. The van der Waals surface area contributed by atoms with Crippen molar-refractivity contribution >= 4 is 21.6 Å². The van der Waals surface area contributed by atoms with Crippen LogP contribution in [-0.2, 0) is 16.4 Å². The normalized spacial score (nSPS) is 18.1. The summed E-state index contributed by atoms with van der Waals surface area (Å²) in [7, 11) is -3.97. The minimum atomic E-state index is -3.97. The van der Waals surface area contributed by atoms with E-state index in [0.717, 1.165) is 17.7 Å². The van der Waals surface area contributed by atoms with Gasteiger partial charge in [-0.25, -0.2) is 13.1 Å². The molecule has 0 aromatic heterocycles. The predicted molar refractivity (Wildman–Crippen MR) is 153 cm³/mol. The lowest BCUT2D eigenvalue weighted by atomic mass is 9.86. The molecule has 8 nitrogen and oxygen atoms in total. The van der Waals surface area contributed by atoms with Crippen LogP contribution in [0.5, 0.6) is 5.75 Å². The van der Waals surface area contributed by atoms with Crippen LogP contribution in [0.1, 0.15) is 55.2 Å². The molecule has 9 heteroatoms. The standard InChI is InChI=1S/C30H37N3O5S/c1-5-21-12-15-24(16-13-21)39(36,37)32-27-25-20-22(14-17-26(25)38-30(3,4)28(27)34)29(35)33(6-2)19-18-31-23-10-8-7-9-11-23/h7-17,20,27-28,31-32,34H,5-6,18-19H2,1-4H3/t27-,28+/m1/s1. The summed E-state index contributed by atoms with van der Waals surface area (Å²) in [6, 6.07) is 20.4. The number of sulfonamides is 1. The summed E-state index contributed by atoms with van der Waals surface area (Å²) in [5.41, 5.74) is 1.75.